The molecule has 120 valence electrons. The number of cyclic esters (lactones) is 1. The molecule has 1 unspecified atom stereocenters. The Morgan fingerprint density at radius 1 is 1.18 bits per heavy atom. The fourth-order valence-electron chi connectivity index (χ4n) is 2.85. The van der Waals surface area contributed by atoms with E-state index in [1.807, 2.05) is 4.90 Å². The average molecular weight is 328 g/mol. The molecule has 0 saturated carbocycles. The quantitative estimate of drug-likeness (QED) is 0.754. The van der Waals surface area contributed by atoms with E-state index in [2.05, 4.69) is 0 Å². The number of piperazine rings is 1. The zero-order chi connectivity index (χ0) is 15.7. The van der Waals surface area contributed by atoms with Gasteiger partial charge in [-0.05, 0) is 18.2 Å². The van der Waals surface area contributed by atoms with Gasteiger partial charge >= 0.3 is 5.97 Å². The highest BCUT2D eigenvalue weighted by atomic mass is 32.2. The third-order valence-electron chi connectivity index (χ3n) is 4.06. The van der Waals surface area contributed by atoms with Crippen LogP contribution < -0.4 is 0 Å². The number of carbonyl (C=O) groups is 1. The van der Waals surface area contributed by atoms with Crippen molar-refractivity contribution in [1.82, 2.24) is 9.21 Å². The van der Waals surface area contributed by atoms with Crippen LogP contribution in [-0.4, -0.2) is 62.4 Å². The topological polar surface area (TPSA) is 66.9 Å². The fraction of sp³-hybridized carbons (Fsp3) is 0.500. The number of carbonyl (C=O) groups excluding carboxylic acids is 1. The second-order valence-corrected chi connectivity index (χ2v) is 7.31. The van der Waals surface area contributed by atoms with Gasteiger partial charge in [-0.1, -0.05) is 6.07 Å². The Morgan fingerprint density at radius 2 is 1.91 bits per heavy atom. The summed E-state index contributed by atoms with van der Waals surface area (Å²) < 4.78 is 44.5. The third kappa shape index (κ3) is 2.86. The highest BCUT2D eigenvalue weighted by molar-refractivity contribution is 7.89. The first-order chi connectivity index (χ1) is 10.5. The molecule has 6 nitrogen and oxygen atoms in total. The lowest BCUT2D eigenvalue weighted by molar-refractivity contribution is -0.142. The zero-order valence-electron chi connectivity index (χ0n) is 11.9. The monoisotopic (exact) mass is 328 g/mol. The molecular formula is C14H17FN2O4S. The van der Waals surface area contributed by atoms with Crippen molar-refractivity contribution >= 4 is 16.0 Å². The molecule has 2 aliphatic heterocycles. The van der Waals surface area contributed by atoms with Gasteiger partial charge in [0.1, 0.15) is 11.9 Å². The van der Waals surface area contributed by atoms with Gasteiger partial charge in [0.25, 0.3) is 0 Å². The second-order valence-electron chi connectivity index (χ2n) is 5.37. The van der Waals surface area contributed by atoms with Crippen LogP contribution in [0.4, 0.5) is 4.39 Å². The smallest absolute Gasteiger partial charge is 0.323 e. The molecule has 0 aromatic heterocycles. The first-order valence-electron chi connectivity index (χ1n) is 7.15. The highest BCUT2D eigenvalue weighted by Crippen LogP contribution is 2.21. The van der Waals surface area contributed by atoms with Crippen molar-refractivity contribution in [3.05, 3.63) is 30.1 Å². The summed E-state index contributed by atoms with van der Waals surface area (Å²) in [6.45, 7) is 1.92. The second kappa shape index (κ2) is 5.94. The molecule has 0 bridgehead atoms. The van der Waals surface area contributed by atoms with Crippen molar-refractivity contribution < 1.29 is 22.3 Å². The summed E-state index contributed by atoms with van der Waals surface area (Å²) in [7, 11) is -3.69. The zero-order valence-corrected chi connectivity index (χ0v) is 12.8. The van der Waals surface area contributed by atoms with Crippen LogP contribution in [0.25, 0.3) is 0 Å². The normalized spacial score (nSPS) is 24.4. The molecule has 0 aliphatic carbocycles. The number of benzene rings is 1. The Labute approximate surface area is 128 Å². The first kappa shape index (κ1) is 15.4. The Hall–Kier alpha value is -1.51. The van der Waals surface area contributed by atoms with Crippen LogP contribution in [0.15, 0.2) is 29.2 Å². The maximum Gasteiger partial charge on any atom is 0.323 e. The number of esters is 1. The first-order valence-corrected chi connectivity index (χ1v) is 8.59. The summed E-state index contributed by atoms with van der Waals surface area (Å²) in [5.74, 6) is -0.810. The van der Waals surface area contributed by atoms with Crippen molar-refractivity contribution in [2.45, 2.75) is 17.4 Å². The summed E-state index contributed by atoms with van der Waals surface area (Å²) >= 11 is 0. The van der Waals surface area contributed by atoms with Gasteiger partial charge in [-0.15, -0.1) is 0 Å². The van der Waals surface area contributed by atoms with E-state index in [0.29, 0.717) is 26.1 Å². The SMILES string of the molecule is O=C1OCCC1N1CCN(S(=O)(=O)c2cccc(F)c2)CC1. The van der Waals surface area contributed by atoms with E-state index in [-0.39, 0.29) is 30.0 Å². The van der Waals surface area contributed by atoms with Gasteiger partial charge in [-0.2, -0.15) is 4.31 Å². The molecule has 1 aromatic carbocycles. The number of ether oxygens (including phenoxy) is 1. The maximum atomic E-state index is 13.2. The minimum Gasteiger partial charge on any atom is -0.464 e. The standard InChI is InChI=1S/C14H17FN2O4S/c15-11-2-1-3-12(10-11)22(19,20)17-7-5-16(6-8-17)13-4-9-21-14(13)18/h1-3,10,13H,4-9H2. The van der Waals surface area contributed by atoms with Crippen LogP contribution >= 0.6 is 0 Å². The predicted octanol–water partition coefficient (Wildman–Crippen LogP) is 0.447. The summed E-state index contributed by atoms with van der Waals surface area (Å²) in [5, 5.41) is 0. The average Bonchev–Trinajstić information content (AvgIpc) is 2.93. The molecule has 1 atom stereocenters. The summed E-state index contributed by atoms with van der Waals surface area (Å²) in [6, 6.07) is 4.74. The Bertz CT molecular complexity index is 671. The molecule has 22 heavy (non-hydrogen) atoms. The molecular weight excluding hydrogens is 311 g/mol. The number of halogens is 1. The lowest BCUT2D eigenvalue weighted by Crippen LogP contribution is -2.52. The molecule has 0 amide bonds. The molecule has 0 N–H and O–H groups in total. The van der Waals surface area contributed by atoms with E-state index in [1.54, 1.807) is 0 Å². The van der Waals surface area contributed by atoms with Gasteiger partial charge in [0, 0.05) is 32.6 Å². The van der Waals surface area contributed by atoms with Gasteiger partial charge in [0.2, 0.25) is 10.0 Å². The van der Waals surface area contributed by atoms with E-state index in [1.165, 1.54) is 22.5 Å². The van der Waals surface area contributed by atoms with Crippen LogP contribution in [0, 0.1) is 5.82 Å². The minimum absolute atomic E-state index is 0.0405. The highest BCUT2D eigenvalue weighted by Gasteiger charge is 2.36. The van der Waals surface area contributed by atoms with Crippen LogP contribution in [0.2, 0.25) is 0 Å². The Morgan fingerprint density at radius 3 is 2.50 bits per heavy atom. The molecule has 2 aliphatic rings. The third-order valence-corrected chi connectivity index (χ3v) is 5.95. The van der Waals surface area contributed by atoms with E-state index in [9.17, 15) is 17.6 Å². The molecule has 2 heterocycles. The van der Waals surface area contributed by atoms with Crippen molar-refractivity contribution in [2.24, 2.45) is 0 Å². The van der Waals surface area contributed by atoms with Crippen molar-refractivity contribution in [1.29, 1.82) is 0 Å². The largest absolute Gasteiger partial charge is 0.464 e. The van der Waals surface area contributed by atoms with Crippen LogP contribution in [0.3, 0.4) is 0 Å². The molecule has 1 aromatic rings. The van der Waals surface area contributed by atoms with Gasteiger partial charge in [0.05, 0.1) is 11.5 Å². The molecule has 0 radical (unpaired) electrons. The van der Waals surface area contributed by atoms with Crippen LogP contribution in [-0.2, 0) is 19.6 Å². The van der Waals surface area contributed by atoms with Gasteiger partial charge in [-0.25, -0.2) is 12.8 Å². The lowest BCUT2D eigenvalue weighted by atomic mass is 10.2. The van der Waals surface area contributed by atoms with E-state index < -0.39 is 15.8 Å². The summed E-state index contributed by atoms with van der Waals surface area (Å²) in [4.78, 5) is 13.5. The number of hydrogen-bond acceptors (Lipinski definition) is 5. The molecule has 8 heteroatoms. The van der Waals surface area contributed by atoms with E-state index in [4.69, 9.17) is 4.74 Å². The lowest BCUT2D eigenvalue weighted by Gasteiger charge is -2.35. The minimum atomic E-state index is -3.69. The van der Waals surface area contributed by atoms with E-state index in [0.717, 1.165) is 6.07 Å². The number of sulfonamides is 1. The fourth-order valence-corrected chi connectivity index (χ4v) is 4.30. The summed E-state index contributed by atoms with van der Waals surface area (Å²) in [5.41, 5.74) is 0. The van der Waals surface area contributed by atoms with E-state index >= 15 is 0 Å². The number of hydrogen-bond donors (Lipinski definition) is 0. The van der Waals surface area contributed by atoms with Gasteiger partial charge < -0.3 is 4.74 Å². The van der Waals surface area contributed by atoms with Crippen LogP contribution in [0.5, 0.6) is 0 Å². The Kier molecular flexibility index (Phi) is 4.16. The van der Waals surface area contributed by atoms with Crippen molar-refractivity contribution in [3.63, 3.8) is 0 Å². The molecule has 2 fully saturated rings. The van der Waals surface area contributed by atoms with Crippen molar-refractivity contribution in [3.8, 4) is 0 Å². The van der Waals surface area contributed by atoms with Gasteiger partial charge in [0.15, 0.2) is 0 Å². The molecule has 0 spiro atoms. The molecule has 2 saturated heterocycles. The number of rotatable bonds is 3. The van der Waals surface area contributed by atoms with Gasteiger partial charge in [-0.3, -0.25) is 9.69 Å². The number of nitrogens with zero attached hydrogens (tertiary/aromatic N) is 2. The van der Waals surface area contributed by atoms with Crippen LogP contribution in [0.1, 0.15) is 6.42 Å². The maximum absolute atomic E-state index is 13.2. The van der Waals surface area contributed by atoms with Crippen molar-refractivity contribution in [2.75, 3.05) is 32.8 Å². The predicted molar refractivity (Wildman–Crippen MR) is 76.1 cm³/mol. The Balaban J connectivity index is 1.69. The molecule has 3 rings (SSSR count). The summed E-state index contributed by atoms with van der Waals surface area (Å²) in [6.07, 6.45) is 0.648.